The number of nitrogens with zero attached hydrogens (tertiary/aromatic N) is 1. The van der Waals surface area contributed by atoms with Crippen LogP contribution in [0.15, 0.2) is 0 Å². The maximum atomic E-state index is 5.69. The minimum absolute atomic E-state index is 0.668. The van der Waals surface area contributed by atoms with Crippen LogP contribution < -0.4 is 5.32 Å². The third-order valence-corrected chi connectivity index (χ3v) is 5.01. The molecule has 0 amide bonds. The molecule has 3 heteroatoms. The Bertz CT molecular complexity index is 247. The number of piperidine rings is 1. The number of hydrogen-bond acceptors (Lipinski definition) is 3. The molecule has 0 aliphatic carbocycles. The van der Waals surface area contributed by atoms with E-state index >= 15 is 0 Å². The molecule has 112 valence electrons. The van der Waals surface area contributed by atoms with Crippen molar-refractivity contribution in [1.82, 2.24) is 10.2 Å². The fourth-order valence-electron chi connectivity index (χ4n) is 3.64. The first kappa shape index (κ1) is 15.3. The summed E-state index contributed by atoms with van der Waals surface area (Å²) in [6, 6.07) is 0.668. The van der Waals surface area contributed by atoms with E-state index in [1.165, 1.54) is 38.9 Å². The highest BCUT2D eigenvalue weighted by atomic mass is 16.5. The second kappa shape index (κ2) is 7.61. The Labute approximate surface area is 119 Å². The number of hydrogen-bond donors (Lipinski definition) is 1. The van der Waals surface area contributed by atoms with E-state index in [9.17, 15) is 0 Å². The molecular formula is C16H32N2O. The molecule has 2 aliphatic rings. The van der Waals surface area contributed by atoms with Crippen molar-refractivity contribution in [2.24, 2.45) is 17.8 Å². The van der Waals surface area contributed by atoms with E-state index in [2.05, 4.69) is 31.0 Å². The molecule has 2 fully saturated rings. The molecule has 0 aromatic heterocycles. The summed E-state index contributed by atoms with van der Waals surface area (Å²) in [4.78, 5) is 2.67. The Morgan fingerprint density at radius 1 is 1.21 bits per heavy atom. The molecule has 2 unspecified atom stereocenters. The van der Waals surface area contributed by atoms with Crippen LogP contribution in [0.2, 0.25) is 0 Å². The molecule has 0 saturated carbocycles. The van der Waals surface area contributed by atoms with Crippen LogP contribution in [0.1, 0.15) is 40.0 Å². The molecule has 2 rings (SSSR count). The van der Waals surface area contributed by atoms with Crippen molar-refractivity contribution >= 4 is 0 Å². The van der Waals surface area contributed by atoms with Crippen LogP contribution >= 0.6 is 0 Å². The monoisotopic (exact) mass is 268 g/mol. The number of rotatable bonds is 5. The van der Waals surface area contributed by atoms with Gasteiger partial charge in [0.15, 0.2) is 0 Å². The minimum Gasteiger partial charge on any atom is -0.381 e. The van der Waals surface area contributed by atoms with Crippen LogP contribution in [-0.4, -0.2) is 50.3 Å². The van der Waals surface area contributed by atoms with E-state index in [-0.39, 0.29) is 0 Å². The van der Waals surface area contributed by atoms with Gasteiger partial charge in [0.1, 0.15) is 0 Å². The summed E-state index contributed by atoms with van der Waals surface area (Å²) in [5.74, 6) is 2.49. The van der Waals surface area contributed by atoms with Gasteiger partial charge in [-0.05, 0) is 50.7 Å². The highest BCUT2D eigenvalue weighted by Crippen LogP contribution is 2.26. The predicted octanol–water partition coefficient (Wildman–Crippen LogP) is 2.37. The Balaban J connectivity index is 1.77. The van der Waals surface area contributed by atoms with E-state index in [4.69, 9.17) is 4.74 Å². The number of nitrogens with one attached hydrogen (secondary N) is 1. The van der Waals surface area contributed by atoms with Gasteiger partial charge in [0, 0.05) is 25.1 Å². The van der Waals surface area contributed by atoms with E-state index in [0.717, 1.165) is 31.6 Å². The summed E-state index contributed by atoms with van der Waals surface area (Å²) in [6.07, 6.45) is 3.95. The van der Waals surface area contributed by atoms with E-state index in [1.807, 2.05) is 0 Å². The molecule has 3 nitrogen and oxygen atoms in total. The zero-order chi connectivity index (χ0) is 13.7. The fourth-order valence-corrected chi connectivity index (χ4v) is 3.64. The van der Waals surface area contributed by atoms with Gasteiger partial charge in [0.25, 0.3) is 0 Å². The Morgan fingerprint density at radius 2 is 1.95 bits per heavy atom. The molecule has 1 N–H and O–H groups in total. The first-order chi connectivity index (χ1) is 9.20. The third-order valence-electron chi connectivity index (χ3n) is 5.01. The SMILES string of the molecule is CCNC1CCOCC1CN1CCC(C(C)C)CC1. The highest BCUT2D eigenvalue weighted by Gasteiger charge is 2.29. The first-order valence-corrected chi connectivity index (χ1v) is 8.24. The number of ether oxygens (including phenoxy) is 1. The lowest BCUT2D eigenvalue weighted by Crippen LogP contribution is -2.49. The molecule has 0 radical (unpaired) electrons. The first-order valence-electron chi connectivity index (χ1n) is 8.24. The second-order valence-corrected chi connectivity index (χ2v) is 6.67. The van der Waals surface area contributed by atoms with Gasteiger partial charge in [-0.25, -0.2) is 0 Å². The third kappa shape index (κ3) is 4.44. The minimum atomic E-state index is 0.668. The molecule has 2 aliphatic heterocycles. The van der Waals surface area contributed by atoms with Crippen LogP contribution in [0, 0.1) is 17.8 Å². The van der Waals surface area contributed by atoms with Crippen LogP contribution in [0.5, 0.6) is 0 Å². The standard InChI is InChI=1S/C16H32N2O/c1-4-17-16-7-10-19-12-15(16)11-18-8-5-14(6-9-18)13(2)3/h13-17H,4-12H2,1-3H3. The second-order valence-electron chi connectivity index (χ2n) is 6.67. The largest absolute Gasteiger partial charge is 0.381 e. The topological polar surface area (TPSA) is 24.5 Å². The van der Waals surface area contributed by atoms with Gasteiger partial charge in [-0.1, -0.05) is 20.8 Å². The Morgan fingerprint density at radius 3 is 2.58 bits per heavy atom. The number of likely N-dealkylation sites (tertiary alicyclic amines) is 1. The average molecular weight is 268 g/mol. The van der Waals surface area contributed by atoms with Crippen molar-refractivity contribution in [1.29, 1.82) is 0 Å². The van der Waals surface area contributed by atoms with Crippen molar-refractivity contribution in [3.63, 3.8) is 0 Å². The quantitative estimate of drug-likeness (QED) is 0.828. The summed E-state index contributed by atoms with van der Waals surface area (Å²) in [5.41, 5.74) is 0. The van der Waals surface area contributed by atoms with E-state index in [1.54, 1.807) is 0 Å². The maximum Gasteiger partial charge on any atom is 0.0521 e. The van der Waals surface area contributed by atoms with Crippen LogP contribution in [0.4, 0.5) is 0 Å². The summed E-state index contributed by atoms with van der Waals surface area (Å²) in [7, 11) is 0. The van der Waals surface area contributed by atoms with Crippen LogP contribution in [0.3, 0.4) is 0 Å². The summed E-state index contributed by atoms with van der Waals surface area (Å²) in [6.45, 7) is 13.7. The Hall–Kier alpha value is -0.120. The fraction of sp³-hybridized carbons (Fsp3) is 1.00. The van der Waals surface area contributed by atoms with Gasteiger partial charge in [-0.3, -0.25) is 0 Å². The summed E-state index contributed by atoms with van der Waals surface area (Å²) >= 11 is 0. The zero-order valence-electron chi connectivity index (χ0n) is 13.0. The van der Waals surface area contributed by atoms with Gasteiger partial charge in [0.05, 0.1) is 6.61 Å². The molecule has 0 spiro atoms. The van der Waals surface area contributed by atoms with Crippen molar-refractivity contribution in [2.75, 3.05) is 39.4 Å². The van der Waals surface area contributed by atoms with Crippen molar-refractivity contribution in [3.8, 4) is 0 Å². The van der Waals surface area contributed by atoms with Gasteiger partial charge in [-0.15, -0.1) is 0 Å². The summed E-state index contributed by atoms with van der Waals surface area (Å²) in [5, 5.41) is 3.64. The molecule has 0 aromatic rings. The van der Waals surface area contributed by atoms with Crippen LogP contribution in [0.25, 0.3) is 0 Å². The van der Waals surface area contributed by atoms with Gasteiger partial charge >= 0.3 is 0 Å². The van der Waals surface area contributed by atoms with Crippen molar-refractivity contribution in [3.05, 3.63) is 0 Å². The molecule has 0 bridgehead atoms. The average Bonchev–Trinajstić information content (AvgIpc) is 2.42. The van der Waals surface area contributed by atoms with E-state index in [0.29, 0.717) is 12.0 Å². The molecule has 2 heterocycles. The predicted molar refractivity (Wildman–Crippen MR) is 80.4 cm³/mol. The molecule has 2 atom stereocenters. The lowest BCUT2D eigenvalue weighted by Gasteiger charge is -2.39. The van der Waals surface area contributed by atoms with Gasteiger partial charge in [0.2, 0.25) is 0 Å². The molecule has 0 aromatic carbocycles. The lowest BCUT2D eigenvalue weighted by atomic mass is 9.86. The van der Waals surface area contributed by atoms with E-state index < -0.39 is 0 Å². The van der Waals surface area contributed by atoms with Crippen LogP contribution in [-0.2, 0) is 4.74 Å². The molecular weight excluding hydrogens is 236 g/mol. The zero-order valence-corrected chi connectivity index (χ0v) is 13.0. The summed E-state index contributed by atoms with van der Waals surface area (Å²) < 4.78 is 5.69. The maximum absolute atomic E-state index is 5.69. The van der Waals surface area contributed by atoms with Gasteiger partial charge < -0.3 is 15.0 Å². The smallest absolute Gasteiger partial charge is 0.0521 e. The molecule has 2 saturated heterocycles. The molecule has 19 heavy (non-hydrogen) atoms. The highest BCUT2D eigenvalue weighted by molar-refractivity contribution is 4.84. The van der Waals surface area contributed by atoms with Crippen molar-refractivity contribution < 1.29 is 4.74 Å². The Kier molecular flexibility index (Phi) is 6.11. The normalized spacial score (nSPS) is 30.9. The lowest BCUT2D eigenvalue weighted by molar-refractivity contribution is 0.0108. The van der Waals surface area contributed by atoms with Gasteiger partial charge in [-0.2, -0.15) is 0 Å². The van der Waals surface area contributed by atoms with Crippen molar-refractivity contribution in [2.45, 2.75) is 46.1 Å².